The molecule has 2 aromatic heterocycles. The fourth-order valence-corrected chi connectivity index (χ4v) is 6.58. The van der Waals surface area contributed by atoms with E-state index in [2.05, 4.69) is 11.1 Å². The third kappa shape index (κ3) is 5.34. The predicted octanol–water partition coefficient (Wildman–Crippen LogP) is 4.12. The number of hydrogen-bond acceptors (Lipinski definition) is 10. The average Bonchev–Trinajstić information content (AvgIpc) is 3.59. The van der Waals surface area contributed by atoms with E-state index in [0.717, 1.165) is 16.0 Å². The number of aliphatic hydroxyl groups excluding tert-OH is 1. The molecule has 2 aliphatic heterocycles. The van der Waals surface area contributed by atoms with Gasteiger partial charge in [0.2, 0.25) is 12.2 Å². The van der Waals surface area contributed by atoms with Crippen LogP contribution in [0.1, 0.15) is 59.8 Å². The Morgan fingerprint density at radius 1 is 1.32 bits per heavy atom. The maximum absolute atomic E-state index is 13.9. The van der Waals surface area contributed by atoms with Crippen molar-refractivity contribution in [3.63, 3.8) is 0 Å². The molecule has 12 heteroatoms. The standard InChI is InChI=1S/C29H32N4O7S/c1-17-22-25(34)33(29(2,3)27(35)36)28(37)32(26(22)41-23(17)24-31-12-15-39-24)16-21(40-19-9-13-38-14-10-19)20-7-5-4-6-18(20)8-11-30/h4-7,12,15,19,21,28,37H,8-10,13-14,16H2,1-3H3,(H,35,36)/t21-,28?/m0/s1. The Labute approximate surface area is 241 Å². The molecule has 1 saturated heterocycles. The highest BCUT2D eigenvalue weighted by molar-refractivity contribution is 7.20. The lowest BCUT2D eigenvalue weighted by atomic mass is 9.97. The van der Waals surface area contributed by atoms with Gasteiger partial charge in [-0.3, -0.25) is 9.69 Å². The lowest BCUT2D eigenvalue weighted by molar-refractivity contribution is -0.154. The predicted molar refractivity (Wildman–Crippen MR) is 149 cm³/mol. The second-order valence-corrected chi connectivity index (χ2v) is 11.6. The number of aliphatic carboxylic acids is 1. The Balaban J connectivity index is 1.63. The molecule has 2 atom stereocenters. The monoisotopic (exact) mass is 580 g/mol. The molecule has 216 valence electrons. The van der Waals surface area contributed by atoms with Crippen LogP contribution in [0.4, 0.5) is 5.00 Å². The number of aliphatic hydroxyl groups is 1. The Kier molecular flexibility index (Phi) is 8.15. The van der Waals surface area contributed by atoms with Gasteiger partial charge in [-0.1, -0.05) is 24.3 Å². The van der Waals surface area contributed by atoms with Crippen molar-refractivity contribution in [3.05, 3.63) is 59.0 Å². The van der Waals surface area contributed by atoms with Crippen molar-refractivity contribution in [2.45, 2.75) is 64.1 Å². The van der Waals surface area contributed by atoms with Crippen LogP contribution in [0, 0.1) is 18.3 Å². The van der Waals surface area contributed by atoms with Gasteiger partial charge < -0.3 is 29.0 Å². The molecule has 4 heterocycles. The summed E-state index contributed by atoms with van der Waals surface area (Å²) in [5.74, 6) is -1.54. The number of rotatable bonds is 9. The van der Waals surface area contributed by atoms with Gasteiger partial charge in [-0.25, -0.2) is 9.78 Å². The second-order valence-electron chi connectivity index (χ2n) is 10.6. The van der Waals surface area contributed by atoms with Crippen molar-refractivity contribution in [2.75, 3.05) is 24.7 Å². The summed E-state index contributed by atoms with van der Waals surface area (Å²) in [5.41, 5.74) is 0.696. The van der Waals surface area contributed by atoms with Gasteiger partial charge in [0.25, 0.3) is 5.91 Å². The number of hydrogen-bond donors (Lipinski definition) is 2. The third-order valence-electron chi connectivity index (χ3n) is 7.64. The van der Waals surface area contributed by atoms with Crippen LogP contribution in [-0.4, -0.2) is 69.7 Å². The number of carboxylic acids is 1. The minimum Gasteiger partial charge on any atom is -0.480 e. The van der Waals surface area contributed by atoms with Crippen molar-refractivity contribution in [1.82, 2.24) is 9.88 Å². The van der Waals surface area contributed by atoms with E-state index in [4.69, 9.17) is 13.9 Å². The first-order chi connectivity index (χ1) is 19.6. The molecule has 2 N–H and O–H groups in total. The molecule has 1 unspecified atom stereocenters. The van der Waals surface area contributed by atoms with Gasteiger partial charge in [-0.15, -0.1) is 11.3 Å². The highest BCUT2D eigenvalue weighted by Crippen LogP contribution is 2.47. The minimum absolute atomic E-state index is 0.0818. The second kappa shape index (κ2) is 11.6. The van der Waals surface area contributed by atoms with Crippen LogP contribution in [0.15, 0.2) is 41.1 Å². The molecule has 41 heavy (non-hydrogen) atoms. The Bertz CT molecular complexity index is 1460. The molecule has 0 aliphatic carbocycles. The summed E-state index contributed by atoms with van der Waals surface area (Å²) in [7, 11) is 0. The molecule has 2 aliphatic rings. The van der Waals surface area contributed by atoms with Gasteiger partial charge in [-0.2, -0.15) is 5.26 Å². The van der Waals surface area contributed by atoms with Crippen LogP contribution in [0.3, 0.4) is 0 Å². The Morgan fingerprint density at radius 3 is 2.71 bits per heavy atom. The molecule has 0 saturated carbocycles. The lowest BCUT2D eigenvalue weighted by Gasteiger charge is -2.47. The van der Waals surface area contributed by atoms with Crippen LogP contribution < -0.4 is 4.90 Å². The van der Waals surface area contributed by atoms with Crippen LogP contribution >= 0.6 is 11.3 Å². The molecule has 0 radical (unpaired) electrons. The van der Waals surface area contributed by atoms with Crippen molar-refractivity contribution in [3.8, 4) is 16.8 Å². The highest BCUT2D eigenvalue weighted by Gasteiger charge is 2.50. The SMILES string of the molecule is Cc1c(-c2ncco2)sc2c1C(=O)N(C(C)(C)C(=O)O)C(O)N2C[C@H](OC1CCOCC1)c1ccccc1CC#N. The molecular formula is C29H32N4O7S. The number of carbonyl (C=O) groups excluding carboxylic acids is 1. The molecule has 3 aromatic rings. The third-order valence-corrected chi connectivity index (χ3v) is 8.96. The van der Waals surface area contributed by atoms with E-state index in [1.165, 1.54) is 37.6 Å². The zero-order valence-corrected chi connectivity index (χ0v) is 23.9. The van der Waals surface area contributed by atoms with Crippen LogP contribution in [-0.2, 0) is 20.7 Å². The van der Waals surface area contributed by atoms with Crippen molar-refractivity contribution in [1.29, 1.82) is 5.26 Å². The maximum Gasteiger partial charge on any atom is 0.329 e. The number of fused-ring (bicyclic) bond motifs is 1. The van der Waals surface area contributed by atoms with E-state index in [1.54, 1.807) is 11.8 Å². The number of nitriles is 1. The quantitative estimate of drug-likeness (QED) is 0.378. The minimum atomic E-state index is -1.74. The van der Waals surface area contributed by atoms with Crippen molar-refractivity contribution >= 4 is 28.2 Å². The summed E-state index contributed by atoms with van der Waals surface area (Å²) in [4.78, 5) is 33.7. The maximum atomic E-state index is 13.9. The molecule has 1 aromatic carbocycles. The normalized spacial score (nSPS) is 18.7. The van der Waals surface area contributed by atoms with Gasteiger partial charge in [0.15, 0.2) is 0 Å². The Morgan fingerprint density at radius 2 is 2.05 bits per heavy atom. The van der Waals surface area contributed by atoms with Crippen molar-refractivity contribution < 1.29 is 33.7 Å². The molecule has 1 amide bonds. The first-order valence-corrected chi connectivity index (χ1v) is 14.2. The molecule has 11 nitrogen and oxygen atoms in total. The van der Waals surface area contributed by atoms with E-state index in [0.29, 0.717) is 47.4 Å². The number of nitrogens with zero attached hydrogens (tertiary/aromatic N) is 4. The molecule has 5 rings (SSSR count). The topological polar surface area (TPSA) is 149 Å². The number of carbonyl (C=O) groups is 2. The molecular weight excluding hydrogens is 548 g/mol. The van der Waals surface area contributed by atoms with Crippen LogP contribution in [0.25, 0.3) is 10.8 Å². The summed E-state index contributed by atoms with van der Waals surface area (Å²) in [6.07, 6.45) is 2.15. The number of carboxylic acid groups (broad SMARTS) is 1. The van der Waals surface area contributed by atoms with Crippen LogP contribution in [0.2, 0.25) is 0 Å². The fraction of sp³-hybridized carbons (Fsp3) is 0.448. The van der Waals surface area contributed by atoms with Gasteiger partial charge in [-0.05, 0) is 50.3 Å². The smallest absolute Gasteiger partial charge is 0.329 e. The van der Waals surface area contributed by atoms with Gasteiger partial charge >= 0.3 is 5.97 Å². The number of benzene rings is 1. The van der Waals surface area contributed by atoms with E-state index < -0.39 is 29.9 Å². The summed E-state index contributed by atoms with van der Waals surface area (Å²) in [6, 6.07) is 9.71. The summed E-state index contributed by atoms with van der Waals surface area (Å²) in [5, 5.41) is 31.8. The van der Waals surface area contributed by atoms with Gasteiger partial charge in [0, 0.05) is 13.2 Å². The summed E-state index contributed by atoms with van der Waals surface area (Å²) < 4.78 is 17.7. The van der Waals surface area contributed by atoms with Crippen LogP contribution in [0.5, 0.6) is 0 Å². The summed E-state index contributed by atoms with van der Waals surface area (Å²) in [6.45, 7) is 5.73. The van der Waals surface area contributed by atoms with Gasteiger partial charge in [0.05, 0.1) is 41.8 Å². The largest absolute Gasteiger partial charge is 0.480 e. The Hall–Kier alpha value is -3.76. The van der Waals surface area contributed by atoms with E-state index in [1.807, 2.05) is 24.3 Å². The zero-order chi connectivity index (χ0) is 29.3. The summed E-state index contributed by atoms with van der Waals surface area (Å²) >= 11 is 1.24. The average molecular weight is 581 g/mol. The fourth-order valence-electron chi connectivity index (χ4n) is 5.32. The number of aromatic nitrogens is 1. The number of amides is 1. The number of thiophene rings is 1. The molecule has 0 bridgehead atoms. The van der Waals surface area contributed by atoms with E-state index >= 15 is 0 Å². The molecule has 0 spiro atoms. The zero-order valence-electron chi connectivity index (χ0n) is 23.1. The van der Waals surface area contributed by atoms with E-state index in [-0.39, 0.29) is 24.6 Å². The number of ether oxygens (including phenoxy) is 2. The van der Waals surface area contributed by atoms with Gasteiger partial charge in [0.1, 0.15) is 22.9 Å². The first kappa shape index (κ1) is 28.8. The first-order valence-electron chi connectivity index (χ1n) is 13.4. The molecule has 1 fully saturated rings. The lowest BCUT2D eigenvalue weighted by Crippen LogP contribution is -2.65. The van der Waals surface area contributed by atoms with Crippen molar-refractivity contribution in [2.24, 2.45) is 0 Å². The van der Waals surface area contributed by atoms with E-state index in [9.17, 15) is 25.1 Å². The highest BCUT2D eigenvalue weighted by atomic mass is 32.1. The number of oxazole rings is 1. The number of anilines is 1.